The second-order valence-electron chi connectivity index (χ2n) is 5.36. The highest BCUT2D eigenvalue weighted by Gasteiger charge is 2.14. The van der Waals surface area contributed by atoms with Gasteiger partial charge in [-0.3, -0.25) is 0 Å². The van der Waals surface area contributed by atoms with E-state index in [0.29, 0.717) is 6.54 Å². The van der Waals surface area contributed by atoms with Gasteiger partial charge in [-0.2, -0.15) is 0 Å². The van der Waals surface area contributed by atoms with Crippen LogP contribution in [0.3, 0.4) is 0 Å². The molecule has 0 aliphatic carbocycles. The molecule has 3 N–H and O–H groups in total. The molecule has 0 aliphatic heterocycles. The van der Waals surface area contributed by atoms with Crippen molar-refractivity contribution in [2.24, 2.45) is 5.92 Å². The van der Waals surface area contributed by atoms with E-state index in [0.717, 1.165) is 15.4 Å². The van der Waals surface area contributed by atoms with E-state index < -0.39 is 0 Å². The lowest BCUT2D eigenvalue weighted by molar-refractivity contribution is 0.198. The summed E-state index contributed by atoms with van der Waals surface area (Å²) in [6, 6.07) is 9.43. The molecule has 0 unspecified atom stereocenters. The third-order valence-corrected chi connectivity index (χ3v) is 4.36. The van der Waals surface area contributed by atoms with Crippen LogP contribution in [0.25, 0.3) is 10.6 Å². The van der Waals surface area contributed by atoms with Gasteiger partial charge in [0.25, 0.3) is 0 Å². The smallest absolute Gasteiger partial charge is 0.315 e. The fraction of sp³-hybridized carbons (Fsp3) is 0.375. The number of nitrogens with one attached hydrogen (secondary N) is 2. The predicted octanol–water partition coefficient (Wildman–Crippen LogP) is 2.63. The molecule has 0 spiro atoms. The van der Waals surface area contributed by atoms with Crippen molar-refractivity contribution in [2.45, 2.75) is 26.4 Å². The number of aliphatic hydroxyl groups is 1. The molecule has 2 amide bonds. The van der Waals surface area contributed by atoms with E-state index in [9.17, 15) is 9.90 Å². The molecule has 0 fully saturated rings. The SMILES string of the molecule is CC(C)[C@@H](CO)NC(=O)NCc1cnc(-c2ccccc2)s1. The van der Waals surface area contributed by atoms with Crippen LogP contribution in [0.1, 0.15) is 18.7 Å². The Kier molecular flexibility index (Phi) is 5.91. The molecular formula is C16H21N3O2S. The lowest BCUT2D eigenvalue weighted by Gasteiger charge is -2.19. The van der Waals surface area contributed by atoms with Gasteiger partial charge in [0.05, 0.1) is 19.2 Å². The van der Waals surface area contributed by atoms with Crippen LogP contribution in [-0.2, 0) is 6.54 Å². The van der Waals surface area contributed by atoms with E-state index in [1.807, 2.05) is 44.2 Å². The van der Waals surface area contributed by atoms with Crippen molar-refractivity contribution in [3.63, 3.8) is 0 Å². The second kappa shape index (κ2) is 7.91. The van der Waals surface area contributed by atoms with Gasteiger partial charge in [0, 0.05) is 16.6 Å². The van der Waals surface area contributed by atoms with E-state index >= 15 is 0 Å². The number of amides is 2. The van der Waals surface area contributed by atoms with Crippen LogP contribution in [0, 0.1) is 5.92 Å². The summed E-state index contributed by atoms with van der Waals surface area (Å²) in [7, 11) is 0. The molecule has 2 aromatic rings. The minimum absolute atomic E-state index is 0.0657. The van der Waals surface area contributed by atoms with Crippen LogP contribution < -0.4 is 10.6 Å². The fourth-order valence-electron chi connectivity index (χ4n) is 1.91. The summed E-state index contributed by atoms with van der Waals surface area (Å²) in [5.74, 6) is 0.184. The van der Waals surface area contributed by atoms with Crippen molar-refractivity contribution in [3.8, 4) is 10.6 Å². The molecule has 0 radical (unpaired) electrons. The minimum atomic E-state index is -0.276. The molecule has 22 heavy (non-hydrogen) atoms. The fourth-order valence-corrected chi connectivity index (χ4v) is 2.77. The van der Waals surface area contributed by atoms with Gasteiger partial charge >= 0.3 is 6.03 Å². The zero-order chi connectivity index (χ0) is 15.9. The summed E-state index contributed by atoms with van der Waals surface area (Å²) >= 11 is 1.56. The topological polar surface area (TPSA) is 74.2 Å². The molecule has 0 saturated carbocycles. The van der Waals surface area contributed by atoms with Crippen LogP contribution in [-0.4, -0.2) is 28.8 Å². The first-order valence-electron chi connectivity index (χ1n) is 7.25. The first kappa shape index (κ1) is 16.5. The zero-order valence-electron chi connectivity index (χ0n) is 12.7. The normalized spacial score (nSPS) is 12.2. The number of rotatable bonds is 6. The van der Waals surface area contributed by atoms with Crippen LogP contribution in [0.5, 0.6) is 0 Å². The Bertz CT molecular complexity index is 598. The molecule has 5 nitrogen and oxygen atoms in total. The number of hydrogen-bond donors (Lipinski definition) is 3. The van der Waals surface area contributed by atoms with Crippen molar-refractivity contribution >= 4 is 17.4 Å². The number of aliphatic hydroxyl groups excluding tert-OH is 1. The van der Waals surface area contributed by atoms with Crippen molar-refractivity contribution < 1.29 is 9.90 Å². The van der Waals surface area contributed by atoms with Crippen molar-refractivity contribution in [3.05, 3.63) is 41.4 Å². The maximum atomic E-state index is 11.8. The molecule has 0 aliphatic rings. The predicted molar refractivity (Wildman–Crippen MR) is 88.6 cm³/mol. The van der Waals surface area contributed by atoms with E-state index in [1.165, 1.54) is 0 Å². The Hall–Kier alpha value is -1.92. The standard InChI is InChI=1S/C16H21N3O2S/c1-11(2)14(10-20)19-16(21)18-9-13-8-17-15(22-13)12-6-4-3-5-7-12/h3-8,11,14,20H,9-10H2,1-2H3,(H2,18,19,21)/t14-/m1/s1. The van der Waals surface area contributed by atoms with Gasteiger partial charge in [-0.1, -0.05) is 44.2 Å². The average Bonchev–Trinajstić information content (AvgIpc) is 3.00. The maximum absolute atomic E-state index is 11.8. The number of carbonyl (C=O) groups excluding carboxylic acids is 1. The van der Waals surface area contributed by atoms with Gasteiger partial charge in [0.2, 0.25) is 0 Å². The van der Waals surface area contributed by atoms with Gasteiger partial charge in [0.15, 0.2) is 0 Å². The Labute approximate surface area is 134 Å². The Balaban J connectivity index is 1.87. The molecule has 1 aromatic carbocycles. The Morgan fingerprint density at radius 2 is 2.05 bits per heavy atom. The molecule has 6 heteroatoms. The van der Waals surface area contributed by atoms with Crippen molar-refractivity contribution in [1.82, 2.24) is 15.6 Å². The molecule has 0 bridgehead atoms. The van der Waals surface area contributed by atoms with Gasteiger partial charge in [-0.25, -0.2) is 9.78 Å². The first-order valence-corrected chi connectivity index (χ1v) is 8.07. The highest BCUT2D eigenvalue weighted by molar-refractivity contribution is 7.15. The van der Waals surface area contributed by atoms with E-state index in [4.69, 9.17) is 0 Å². The summed E-state index contributed by atoms with van der Waals surface area (Å²) < 4.78 is 0. The highest BCUT2D eigenvalue weighted by Crippen LogP contribution is 2.24. The summed E-state index contributed by atoms with van der Waals surface area (Å²) in [5.41, 5.74) is 1.07. The molecule has 0 saturated heterocycles. The lowest BCUT2D eigenvalue weighted by atomic mass is 10.1. The van der Waals surface area contributed by atoms with Crippen molar-refractivity contribution in [2.75, 3.05) is 6.61 Å². The van der Waals surface area contributed by atoms with Gasteiger partial charge in [0.1, 0.15) is 5.01 Å². The van der Waals surface area contributed by atoms with Crippen LogP contribution in [0.2, 0.25) is 0 Å². The van der Waals surface area contributed by atoms with Gasteiger partial charge in [-0.15, -0.1) is 11.3 Å². The first-order chi connectivity index (χ1) is 10.6. The quantitative estimate of drug-likeness (QED) is 0.766. The monoisotopic (exact) mass is 319 g/mol. The molecule has 1 heterocycles. The number of aromatic nitrogens is 1. The number of hydrogen-bond acceptors (Lipinski definition) is 4. The molecule has 2 rings (SSSR count). The summed E-state index contributed by atoms with van der Waals surface area (Å²) in [4.78, 5) is 17.2. The van der Waals surface area contributed by atoms with Gasteiger partial charge < -0.3 is 15.7 Å². The van der Waals surface area contributed by atoms with Crippen LogP contribution in [0.4, 0.5) is 4.79 Å². The number of urea groups is 1. The van der Waals surface area contributed by atoms with E-state index in [2.05, 4.69) is 15.6 Å². The third kappa shape index (κ3) is 4.54. The molecular weight excluding hydrogens is 298 g/mol. The van der Waals surface area contributed by atoms with E-state index in [-0.39, 0.29) is 24.6 Å². The van der Waals surface area contributed by atoms with Crippen LogP contribution in [0.15, 0.2) is 36.5 Å². The molecule has 118 valence electrons. The Morgan fingerprint density at radius 1 is 1.32 bits per heavy atom. The number of benzene rings is 1. The van der Waals surface area contributed by atoms with E-state index in [1.54, 1.807) is 17.5 Å². The number of carbonyl (C=O) groups is 1. The van der Waals surface area contributed by atoms with Gasteiger partial charge in [-0.05, 0) is 5.92 Å². The van der Waals surface area contributed by atoms with Crippen molar-refractivity contribution in [1.29, 1.82) is 0 Å². The summed E-state index contributed by atoms with van der Waals surface area (Å²) in [5, 5.41) is 15.7. The van der Waals surface area contributed by atoms with Crippen LogP contribution >= 0.6 is 11.3 Å². The third-order valence-electron chi connectivity index (χ3n) is 3.32. The lowest BCUT2D eigenvalue weighted by Crippen LogP contribution is -2.46. The summed E-state index contributed by atoms with van der Waals surface area (Å²) in [6.07, 6.45) is 1.78. The summed E-state index contributed by atoms with van der Waals surface area (Å²) in [6.45, 7) is 4.27. The zero-order valence-corrected chi connectivity index (χ0v) is 13.6. The number of thiazole rings is 1. The average molecular weight is 319 g/mol. The molecule has 1 aromatic heterocycles. The highest BCUT2D eigenvalue weighted by atomic mass is 32.1. The second-order valence-corrected chi connectivity index (χ2v) is 6.47. The maximum Gasteiger partial charge on any atom is 0.315 e. The molecule has 1 atom stereocenters. The minimum Gasteiger partial charge on any atom is -0.394 e. The Morgan fingerprint density at radius 3 is 2.68 bits per heavy atom. The largest absolute Gasteiger partial charge is 0.394 e. The number of nitrogens with zero attached hydrogens (tertiary/aromatic N) is 1.